The minimum absolute atomic E-state index is 0.917. The van der Waals surface area contributed by atoms with Crippen LogP contribution in [0, 0.1) is 0 Å². The third-order valence-corrected chi connectivity index (χ3v) is 1.18. The quantitative estimate of drug-likeness (QED) is 0.408. The average Bonchev–Trinajstić information content (AvgIpc) is 1.87. The molecule has 0 aliphatic carbocycles. The summed E-state index contributed by atoms with van der Waals surface area (Å²) in [5.74, 6) is 0.917. The molecule has 0 fully saturated rings. The van der Waals surface area contributed by atoms with Crippen molar-refractivity contribution in [1.82, 2.24) is 0 Å². The van der Waals surface area contributed by atoms with Crippen molar-refractivity contribution in [3.8, 4) is 0 Å². The zero-order chi connectivity index (χ0) is 7.28. The van der Waals surface area contributed by atoms with Gasteiger partial charge < -0.3 is 4.74 Å². The molecule has 0 heterocycles. The molecule has 0 radical (unpaired) electrons. The Morgan fingerprint density at radius 3 is 2.33 bits per heavy atom. The number of hydrogen-bond acceptors (Lipinski definition) is 2. The van der Waals surface area contributed by atoms with Gasteiger partial charge in [0.15, 0.2) is 0 Å². The topological polar surface area (TPSA) is 21.6 Å². The van der Waals surface area contributed by atoms with Crippen LogP contribution >= 0.6 is 0 Å². The molecule has 0 rings (SSSR count). The van der Waals surface area contributed by atoms with Crippen molar-refractivity contribution >= 4 is 6.21 Å². The lowest BCUT2D eigenvalue weighted by Gasteiger charge is -1.99. The fraction of sp³-hybridized carbons (Fsp3) is 0.571. The predicted molar refractivity (Wildman–Crippen MR) is 39.8 cm³/mol. The first kappa shape index (κ1) is 8.21. The number of hydrogen-bond donors (Lipinski definition) is 0. The van der Waals surface area contributed by atoms with Crippen molar-refractivity contribution in [1.29, 1.82) is 0 Å². The van der Waals surface area contributed by atoms with E-state index in [1.807, 2.05) is 13.8 Å². The van der Waals surface area contributed by atoms with Crippen LogP contribution in [0.4, 0.5) is 0 Å². The van der Waals surface area contributed by atoms with E-state index in [-0.39, 0.29) is 0 Å². The molecule has 0 N–H and O–H groups in total. The summed E-state index contributed by atoms with van der Waals surface area (Å²) in [6.45, 7) is 3.88. The Kier molecular flexibility index (Phi) is 3.76. The Morgan fingerprint density at radius 2 is 2.00 bits per heavy atom. The van der Waals surface area contributed by atoms with Gasteiger partial charge in [0.1, 0.15) is 0 Å². The summed E-state index contributed by atoms with van der Waals surface area (Å²) < 4.78 is 4.95. The van der Waals surface area contributed by atoms with Crippen LogP contribution in [0.5, 0.6) is 0 Å². The fourth-order valence-corrected chi connectivity index (χ4v) is 0.446. The van der Waals surface area contributed by atoms with E-state index in [9.17, 15) is 0 Å². The maximum atomic E-state index is 4.95. The monoisotopic (exact) mass is 127 g/mol. The first-order valence-corrected chi connectivity index (χ1v) is 2.86. The highest BCUT2D eigenvalue weighted by Crippen LogP contribution is 1.99. The summed E-state index contributed by atoms with van der Waals surface area (Å²) in [7, 11) is 3.40. The lowest BCUT2D eigenvalue weighted by molar-refractivity contribution is 0.291. The molecule has 0 aromatic carbocycles. The molecule has 0 bridgehead atoms. The maximum Gasteiger partial charge on any atom is 0.0968 e. The first-order valence-electron chi connectivity index (χ1n) is 2.86. The molecule has 2 nitrogen and oxygen atoms in total. The second-order valence-electron chi connectivity index (χ2n) is 1.83. The van der Waals surface area contributed by atoms with E-state index in [1.54, 1.807) is 20.4 Å². The van der Waals surface area contributed by atoms with Gasteiger partial charge in [-0.2, -0.15) is 0 Å². The van der Waals surface area contributed by atoms with Crippen molar-refractivity contribution < 1.29 is 4.74 Å². The molecular weight excluding hydrogens is 114 g/mol. The molecule has 52 valence electrons. The van der Waals surface area contributed by atoms with E-state index in [0.717, 1.165) is 11.3 Å². The third-order valence-electron chi connectivity index (χ3n) is 1.18. The number of nitrogens with zero attached hydrogens (tertiary/aromatic N) is 1. The van der Waals surface area contributed by atoms with E-state index < -0.39 is 0 Å². The molecular formula is C7H13NO. The smallest absolute Gasteiger partial charge is 0.0968 e. The van der Waals surface area contributed by atoms with E-state index in [2.05, 4.69) is 4.99 Å². The van der Waals surface area contributed by atoms with Gasteiger partial charge in [0, 0.05) is 18.8 Å². The molecule has 0 aromatic heterocycles. The van der Waals surface area contributed by atoms with Gasteiger partial charge in [-0.15, -0.1) is 0 Å². The van der Waals surface area contributed by atoms with Gasteiger partial charge in [0.05, 0.1) is 12.9 Å². The van der Waals surface area contributed by atoms with Crippen LogP contribution in [-0.4, -0.2) is 20.4 Å². The Balaban J connectivity index is 4.10. The number of methoxy groups -OCH3 is 1. The highest BCUT2D eigenvalue weighted by atomic mass is 16.5. The highest BCUT2D eigenvalue weighted by Gasteiger charge is 1.88. The Morgan fingerprint density at radius 1 is 1.44 bits per heavy atom. The maximum absolute atomic E-state index is 4.95. The molecule has 0 atom stereocenters. The molecule has 0 unspecified atom stereocenters. The summed E-state index contributed by atoms with van der Waals surface area (Å²) in [6, 6.07) is 0. The Bertz CT molecular complexity index is 136. The molecule has 0 amide bonds. The van der Waals surface area contributed by atoms with Crippen molar-refractivity contribution in [3.05, 3.63) is 11.3 Å². The van der Waals surface area contributed by atoms with Gasteiger partial charge >= 0.3 is 0 Å². The number of ether oxygens (including phenoxy) is 1. The van der Waals surface area contributed by atoms with Gasteiger partial charge in [-0.25, -0.2) is 0 Å². The lowest BCUT2D eigenvalue weighted by Crippen LogP contribution is -1.87. The van der Waals surface area contributed by atoms with Gasteiger partial charge in [-0.05, 0) is 13.8 Å². The SMILES string of the molecule is CN=CC(C)=C(C)OC. The summed E-state index contributed by atoms with van der Waals surface area (Å²) in [6.07, 6.45) is 1.78. The summed E-state index contributed by atoms with van der Waals surface area (Å²) in [4.78, 5) is 3.84. The molecule has 0 saturated heterocycles. The number of rotatable bonds is 2. The second kappa shape index (κ2) is 4.13. The molecule has 0 aliphatic rings. The average molecular weight is 127 g/mol. The summed E-state index contributed by atoms with van der Waals surface area (Å²) in [5, 5.41) is 0. The summed E-state index contributed by atoms with van der Waals surface area (Å²) in [5.41, 5.74) is 1.07. The standard InChI is InChI=1S/C7H13NO/c1-6(5-8-3)7(2)9-4/h5H,1-4H3. The minimum Gasteiger partial charge on any atom is -0.501 e. The molecule has 9 heavy (non-hydrogen) atoms. The molecule has 0 saturated carbocycles. The highest BCUT2D eigenvalue weighted by molar-refractivity contribution is 5.78. The molecule has 0 aromatic rings. The fourth-order valence-electron chi connectivity index (χ4n) is 0.446. The van der Waals surface area contributed by atoms with Crippen LogP contribution in [0.2, 0.25) is 0 Å². The van der Waals surface area contributed by atoms with Crippen molar-refractivity contribution in [2.24, 2.45) is 4.99 Å². The number of aliphatic imine (C=N–C) groups is 1. The first-order chi connectivity index (χ1) is 4.22. The lowest BCUT2D eigenvalue weighted by atomic mass is 10.3. The van der Waals surface area contributed by atoms with Crippen LogP contribution in [0.15, 0.2) is 16.3 Å². The largest absolute Gasteiger partial charge is 0.501 e. The minimum atomic E-state index is 0.917. The second-order valence-corrected chi connectivity index (χ2v) is 1.83. The van der Waals surface area contributed by atoms with Crippen LogP contribution in [0.1, 0.15) is 13.8 Å². The third kappa shape index (κ3) is 2.90. The van der Waals surface area contributed by atoms with E-state index >= 15 is 0 Å². The van der Waals surface area contributed by atoms with Gasteiger partial charge in [-0.1, -0.05) is 0 Å². The Labute approximate surface area is 56.2 Å². The molecule has 0 aliphatic heterocycles. The van der Waals surface area contributed by atoms with Crippen molar-refractivity contribution in [3.63, 3.8) is 0 Å². The van der Waals surface area contributed by atoms with Crippen LogP contribution in [0.3, 0.4) is 0 Å². The van der Waals surface area contributed by atoms with Gasteiger partial charge in [0.25, 0.3) is 0 Å². The van der Waals surface area contributed by atoms with E-state index in [0.29, 0.717) is 0 Å². The summed E-state index contributed by atoms with van der Waals surface area (Å²) >= 11 is 0. The van der Waals surface area contributed by atoms with E-state index in [1.165, 1.54) is 0 Å². The molecule has 2 heteroatoms. The predicted octanol–water partition coefficient (Wildman–Crippen LogP) is 1.63. The van der Waals surface area contributed by atoms with Crippen molar-refractivity contribution in [2.45, 2.75) is 13.8 Å². The zero-order valence-electron chi connectivity index (χ0n) is 6.43. The van der Waals surface area contributed by atoms with Crippen LogP contribution < -0.4 is 0 Å². The molecule has 0 spiro atoms. The Hall–Kier alpha value is -0.790. The normalized spacial score (nSPS) is 13.8. The number of allylic oxidation sites excluding steroid dienone is 2. The zero-order valence-corrected chi connectivity index (χ0v) is 6.43. The van der Waals surface area contributed by atoms with Gasteiger partial charge in [-0.3, -0.25) is 4.99 Å². The van der Waals surface area contributed by atoms with Gasteiger partial charge in [0.2, 0.25) is 0 Å². The van der Waals surface area contributed by atoms with Crippen LogP contribution in [0.25, 0.3) is 0 Å². The van der Waals surface area contributed by atoms with Crippen molar-refractivity contribution in [2.75, 3.05) is 14.2 Å². The van der Waals surface area contributed by atoms with E-state index in [4.69, 9.17) is 4.74 Å². The van der Waals surface area contributed by atoms with Crippen LogP contribution in [-0.2, 0) is 4.74 Å².